The zero-order chi connectivity index (χ0) is 15.1. The SMILES string of the molecule is CC.CC.C[C@]1(c2ccc(N)cc2)NC(=O)NC1=O. The molecular formula is C14H23N3O2. The van der Waals surface area contributed by atoms with E-state index >= 15 is 0 Å². The molecule has 4 N–H and O–H groups in total. The lowest BCUT2D eigenvalue weighted by Crippen LogP contribution is -2.40. The molecule has 1 aromatic rings. The first-order valence-corrected chi connectivity index (χ1v) is 6.52. The Morgan fingerprint density at radius 1 is 1.00 bits per heavy atom. The van der Waals surface area contributed by atoms with E-state index in [1.807, 2.05) is 27.7 Å². The first kappa shape index (κ1) is 17.0. The number of carbonyl (C=O) groups excluding carboxylic acids is 2. The number of hydrogen-bond donors (Lipinski definition) is 3. The molecule has 1 saturated heterocycles. The minimum absolute atomic E-state index is 0.350. The monoisotopic (exact) mass is 265 g/mol. The molecule has 1 aliphatic rings. The van der Waals surface area contributed by atoms with Crippen molar-refractivity contribution in [2.24, 2.45) is 0 Å². The summed E-state index contributed by atoms with van der Waals surface area (Å²) in [5.74, 6) is -0.350. The van der Waals surface area contributed by atoms with Crippen LogP contribution in [-0.4, -0.2) is 11.9 Å². The summed E-state index contributed by atoms with van der Waals surface area (Å²) in [6.07, 6.45) is 0. The molecule has 1 aromatic carbocycles. The van der Waals surface area contributed by atoms with Gasteiger partial charge in [0.1, 0.15) is 5.54 Å². The predicted octanol–water partition coefficient (Wildman–Crippen LogP) is 2.38. The number of carbonyl (C=O) groups is 2. The number of urea groups is 1. The maximum absolute atomic E-state index is 11.6. The summed E-state index contributed by atoms with van der Waals surface area (Å²) in [6.45, 7) is 9.65. The lowest BCUT2D eigenvalue weighted by atomic mass is 9.92. The van der Waals surface area contributed by atoms with E-state index in [0.29, 0.717) is 11.3 Å². The molecule has 0 unspecified atom stereocenters. The van der Waals surface area contributed by atoms with Crippen molar-refractivity contribution in [3.8, 4) is 0 Å². The Labute approximate surface area is 114 Å². The maximum Gasteiger partial charge on any atom is 0.322 e. The van der Waals surface area contributed by atoms with Crippen LogP contribution in [0.25, 0.3) is 0 Å². The highest BCUT2D eigenvalue weighted by Crippen LogP contribution is 2.24. The smallest absolute Gasteiger partial charge is 0.322 e. The number of rotatable bonds is 1. The van der Waals surface area contributed by atoms with Gasteiger partial charge in [-0.15, -0.1) is 0 Å². The highest BCUT2D eigenvalue weighted by Gasteiger charge is 2.43. The van der Waals surface area contributed by atoms with E-state index in [2.05, 4.69) is 10.6 Å². The molecule has 0 radical (unpaired) electrons. The van der Waals surface area contributed by atoms with Crippen LogP contribution in [0.1, 0.15) is 40.2 Å². The zero-order valence-electron chi connectivity index (χ0n) is 12.2. The van der Waals surface area contributed by atoms with Crippen LogP contribution in [0.4, 0.5) is 10.5 Å². The molecule has 0 aromatic heterocycles. The number of nitrogen functional groups attached to an aromatic ring is 1. The van der Waals surface area contributed by atoms with Crippen molar-refractivity contribution in [2.45, 2.75) is 40.2 Å². The zero-order valence-corrected chi connectivity index (χ0v) is 12.2. The van der Waals surface area contributed by atoms with Crippen LogP contribution < -0.4 is 16.4 Å². The minimum Gasteiger partial charge on any atom is -0.399 e. The van der Waals surface area contributed by atoms with Crippen LogP contribution in [0, 0.1) is 0 Å². The maximum atomic E-state index is 11.6. The molecule has 0 bridgehead atoms. The summed E-state index contributed by atoms with van der Waals surface area (Å²) >= 11 is 0. The molecule has 1 atom stereocenters. The van der Waals surface area contributed by atoms with E-state index in [1.54, 1.807) is 31.2 Å². The molecule has 1 aliphatic heterocycles. The number of nitrogens with two attached hydrogens (primary N) is 1. The molecule has 0 aliphatic carbocycles. The van der Waals surface area contributed by atoms with Gasteiger partial charge in [0.05, 0.1) is 0 Å². The average molecular weight is 265 g/mol. The van der Waals surface area contributed by atoms with Crippen molar-refractivity contribution < 1.29 is 9.59 Å². The third-order valence-electron chi connectivity index (χ3n) is 2.53. The molecular weight excluding hydrogens is 242 g/mol. The van der Waals surface area contributed by atoms with Crippen LogP contribution in [0.5, 0.6) is 0 Å². The summed E-state index contributed by atoms with van der Waals surface area (Å²) in [5, 5.41) is 4.78. The molecule has 5 heteroatoms. The summed E-state index contributed by atoms with van der Waals surface area (Å²) in [5.41, 5.74) is 5.87. The third-order valence-corrected chi connectivity index (χ3v) is 2.53. The van der Waals surface area contributed by atoms with Crippen molar-refractivity contribution in [1.29, 1.82) is 0 Å². The Kier molecular flexibility index (Phi) is 6.61. The standard InChI is InChI=1S/C10H11N3O2.2C2H6/c1-10(8(14)12-9(15)13-10)6-2-4-7(11)5-3-6;2*1-2/h2-5H,11H2,1H3,(H2,12,13,14,15);2*1-2H3/t10-;;/m1../s1. The van der Waals surface area contributed by atoms with Crippen LogP contribution >= 0.6 is 0 Å². The quantitative estimate of drug-likeness (QED) is 0.538. The Hall–Kier alpha value is -2.04. The van der Waals surface area contributed by atoms with Gasteiger partial charge in [-0.3, -0.25) is 10.1 Å². The van der Waals surface area contributed by atoms with E-state index in [1.165, 1.54) is 0 Å². The van der Waals surface area contributed by atoms with Gasteiger partial charge in [-0.2, -0.15) is 0 Å². The van der Waals surface area contributed by atoms with E-state index in [-0.39, 0.29) is 5.91 Å². The van der Waals surface area contributed by atoms with Crippen LogP contribution in [-0.2, 0) is 10.3 Å². The third kappa shape index (κ3) is 3.71. The minimum atomic E-state index is -0.995. The number of nitrogens with one attached hydrogen (secondary N) is 2. The molecule has 2 rings (SSSR count). The Balaban J connectivity index is 0.000000741. The number of imide groups is 1. The second-order valence-electron chi connectivity index (χ2n) is 3.66. The molecule has 1 heterocycles. The van der Waals surface area contributed by atoms with E-state index in [4.69, 9.17) is 5.73 Å². The van der Waals surface area contributed by atoms with Gasteiger partial charge in [-0.1, -0.05) is 39.8 Å². The van der Waals surface area contributed by atoms with Crippen molar-refractivity contribution >= 4 is 17.6 Å². The predicted molar refractivity (Wildman–Crippen MR) is 77.6 cm³/mol. The van der Waals surface area contributed by atoms with Crippen molar-refractivity contribution in [2.75, 3.05) is 5.73 Å². The Morgan fingerprint density at radius 3 is 1.84 bits per heavy atom. The van der Waals surface area contributed by atoms with E-state index in [0.717, 1.165) is 0 Å². The average Bonchev–Trinajstić information content (AvgIpc) is 2.69. The highest BCUT2D eigenvalue weighted by atomic mass is 16.2. The molecule has 106 valence electrons. The lowest BCUT2D eigenvalue weighted by molar-refractivity contribution is -0.123. The summed E-state index contributed by atoms with van der Waals surface area (Å²) in [6, 6.07) is 6.36. The summed E-state index contributed by atoms with van der Waals surface area (Å²) in [4.78, 5) is 22.6. The van der Waals surface area contributed by atoms with Gasteiger partial charge in [0.15, 0.2) is 0 Å². The normalized spacial score (nSPS) is 20.3. The second-order valence-corrected chi connectivity index (χ2v) is 3.66. The fourth-order valence-corrected chi connectivity index (χ4v) is 1.56. The van der Waals surface area contributed by atoms with E-state index in [9.17, 15) is 9.59 Å². The van der Waals surface area contributed by atoms with Crippen LogP contribution in [0.15, 0.2) is 24.3 Å². The van der Waals surface area contributed by atoms with Gasteiger partial charge in [0.2, 0.25) is 0 Å². The molecule has 19 heavy (non-hydrogen) atoms. The number of benzene rings is 1. The molecule has 3 amide bonds. The summed E-state index contributed by atoms with van der Waals surface area (Å²) < 4.78 is 0. The summed E-state index contributed by atoms with van der Waals surface area (Å²) in [7, 11) is 0. The van der Waals surface area contributed by atoms with Crippen molar-refractivity contribution in [3.63, 3.8) is 0 Å². The Morgan fingerprint density at radius 2 is 1.47 bits per heavy atom. The molecule has 0 saturated carbocycles. The van der Waals surface area contributed by atoms with Gasteiger partial charge in [-0.25, -0.2) is 4.79 Å². The van der Waals surface area contributed by atoms with Gasteiger partial charge in [-0.05, 0) is 24.6 Å². The molecule has 1 fully saturated rings. The molecule has 5 nitrogen and oxygen atoms in total. The number of amides is 3. The first-order chi connectivity index (χ1) is 9.02. The lowest BCUT2D eigenvalue weighted by Gasteiger charge is -2.20. The first-order valence-electron chi connectivity index (χ1n) is 6.52. The van der Waals surface area contributed by atoms with Crippen LogP contribution in [0.3, 0.4) is 0 Å². The topological polar surface area (TPSA) is 84.2 Å². The highest BCUT2D eigenvalue weighted by molar-refractivity contribution is 6.07. The van der Waals surface area contributed by atoms with Gasteiger partial charge in [0, 0.05) is 5.69 Å². The van der Waals surface area contributed by atoms with Crippen molar-refractivity contribution in [3.05, 3.63) is 29.8 Å². The number of anilines is 1. The van der Waals surface area contributed by atoms with Crippen molar-refractivity contribution in [1.82, 2.24) is 10.6 Å². The van der Waals surface area contributed by atoms with E-state index < -0.39 is 11.6 Å². The largest absolute Gasteiger partial charge is 0.399 e. The second kappa shape index (κ2) is 7.41. The number of hydrogen-bond acceptors (Lipinski definition) is 3. The molecule has 0 spiro atoms. The van der Waals surface area contributed by atoms with Crippen LogP contribution in [0.2, 0.25) is 0 Å². The fourth-order valence-electron chi connectivity index (χ4n) is 1.56. The fraction of sp³-hybridized carbons (Fsp3) is 0.429. The Bertz CT molecular complexity index is 429. The van der Waals surface area contributed by atoms with Gasteiger partial charge < -0.3 is 11.1 Å². The van der Waals surface area contributed by atoms with Gasteiger partial charge in [0.25, 0.3) is 5.91 Å². The van der Waals surface area contributed by atoms with Gasteiger partial charge >= 0.3 is 6.03 Å².